The van der Waals surface area contributed by atoms with Gasteiger partial charge < -0.3 is 15.7 Å². The summed E-state index contributed by atoms with van der Waals surface area (Å²) in [6, 6.07) is -0.413. The quantitative estimate of drug-likeness (QED) is 0.771. The highest BCUT2D eigenvalue weighted by Crippen LogP contribution is 2.18. The van der Waals surface area contributed by atoms with Gasteiger partial charge in [0.25, 0.3) is 0 Å². The van der Waals surface area contributed by atoms with Crippen molar-refractivity contribution < 1.29 is 14.7 Å². The summed E-state index contributed by atoms with van der Waals surface area (Å²) < 4.78 is 0. The van der Waals surface area contributed by atoms with Crippen LogP contribution in [-0.2, 0) is 4.79 Å². The summed E-state index contributed by atoms with van der Waals surface area (Å²) in [5, 5.41) is 17.0. The molecule has 1 amide bonds. The lowest BCUT2D eigenvalue weighted by Crippen LogP contribution is -2.47. The monoisotopic (exact) mass is 283 g/mol. The molecule has 0 radical (unpaired) electrons. The summed E-state index contributed by atoms with van der Waals surface area (Å²) in [6.07, 6.45) is 3.00. The van der Waals surface area contributed by atoms with Gasteiger partial charge in [-0.3, -0.25) is 4.79 Å². The Hall–Kier alpha value is -1.47. The van der Waals surface area contributed by atoms with Crippen LogP contribution in [0.2, 0.25) is 0 Å². The molecular formula is C12H17N3O3S. The highest BCUT2D eigenvalue weighted by Gasteiger charge is 2.23. The SMILES string of the molecule is CC(NC(=O)[C@H]1CCCCN1)c1nc(C(=O)O)cs1. The second kappa shape index (κ2) is 6.12. The van der Waals surface area contributed by atoms with Crippen molar-refractivity contribution in [2.75, 3.05) is 6.54 Å². The first-order valence-electron chi connectivity index (χ1n) is 6.30. The third-order valence-electron chi connectivity index (χ3n) is 3.10. The van der Waals surface area contributed by atoms with Crippen molar-refractivity contribution in [1.29, 1.82) is 0 Å². The maximum atomic E-state index is 12.0. The average Bonchev–Trinajstić information content (AvgIpc) is 2.89. The van der Waals surface area contributed by atoms with Gasteiger partial charge in [-0.25, -0.2) is 9.78 Å². The largest absolute Gasteiger partial charge is 0.476 e. The number of amides is 1. The summed E-state index contributed by atoms with van der Waals surface area (Å²) in [5.41, 5.74) is 0.0249. The Bertz CT molecular complexity index is 469. The molecule has 0 aromatic carbocycles. The number of carbonyl (C=O) groups excluding carboxylic acids is 1. The van der Waals surface area contributed by atoms with Crippen LogP contribution >= 0.6 is 11.3 Å². The fourth-order valence-electron chi connectivity index (χ4n) is 2.04. The van der Waals surface area contributed by atoms with E-state index in [-0.39, 0.29) is 23.7 Å². The zero-order chi connectivity index (χ0) is 13.8. The van der Waals surface area contributed by atoms with Gasteiger partial charge in [0.1, 0.15) is 5.01 Å². The van der Waals surface area contributed by atoms with Gasteiger partial charge in [-0.2, -0.15) is 0 Å². The number of aromatic carboxylic acids is 1. The lowest BCUT2D eigenvalue weighted by atomic mass is 10.0. The highest BCUT2D eigenvalue weighted by atomic mass is 32.1. The van der Waals surface area contributed by atoms with Gasteiger partial charge in [0, 0.05) is 5.38 Å². The molecule has 1 aromatic rings. The third-order valence-corrected chi connectivity index (χ3v) is 4.12. The summed E-state index contributed by atoms with van der Waals surface area (Å²) >= 11 is 1.25. The minimum Gasteiger partial charge on any atom is -0.476 e. The minimum atomic E-state index is -1.05. The Morgan fingerprint density at radius 1 is 1.58 bits per heavy atom. The molecule has 1 aliphatic heterocycles. The van der Waals surface area contributed by atoms with E-state index in [1.807, 2.05) is 6.92 Å². The second-order valence-corrected chi connectivity index (χ2v) is 5.50. The smallest absolute Gasteiger partial charge is 0.355 e. The van der Waals surface area contributed by atoms with Crippen LogP contribution in [0.3, 0.4) is 0 Å². The number of carboxylic acids is 1. The summed E-state index contributed by atoms with van der Waals surface area (Å²) in [6.45, 7) is 2.68. The molecule has 1 unspecified atom stereocenters. The predicted molar refractivity (Wildman–Crippen MR) is 71.3 cm³/mol. The van der Waals surface area contributed by atoms with E-state index in [0.29, 0.717) is 5.01 Å². The zero-order valence-corrected chi connectivity index (χ0v) is 11.5. The van der Waals surface area contributed by atoms with Crippen LogP contribution in [0.4, 0.5) is 0 Å². The van der Waals surface area contributed by atoms with Crippen molar-refractivity contribution in [1.82, 2.24) is 15.6 Å². The molecule has 1 aromatic heterocycles. The number of piperidine rings is 1. The van der Waals surface area contributed by atoms with E-state index in [0.717, 1.165) is 25.8 Å². The number of thiazole rings is 1. The molecule has 2 atom stereocenters. The fourth-order valence-corrected chi connectivity index (χ4v) is 2.84. The number of rotatable bonds is 4. The lowest BCUT2D eigenvalue weighted by Gasteiger charge is -2.24. The van der Waals surface area contributed by atoms with Gasteiger partial charge in [0.15, 0.2) is 5.69 Å². The molecule has 19 heavy (non-hydrogen) atoms. The van der Waals surface area contributed by atoms with Crippen molar-refractivity contribution in [3.63, 3.8) is 0 Å². The van der Waals surface area contributed by atoms with Crippen molar-refractivity contribution in [2.45, 2.75) is 38.3 Å². The summed E-state index contributed by atoms with van der Waals surface area (Å²) in [7, 11) is 0. The normalized spacial score (nSPS) is 20.8. The molecule has 2 rings (SSSR count). The van der Waals surface area contributed by atoms with Gasteiger partial charge in [-0.15, -0.1) is 11.3 Å². The lowest BCUT2D eigenvalue weighted by molar-refractivity contribution is -0.124. The fraction of sp³-hybridized carbons (Fsp3) is 0.583. The molecule has 0 saturated carbocycles. The average molecular weight is 283 g/mol. The molecule has 1 aliphatic rings. The number of carbonyl (C=O) groups is 2. The first kappa shape index (κ1) is 14.0. The summed E-state index contributed by atoms with van der Waals surface area (Å²) in [5.74, 6) is -1.09. The molecule has 0 bridgehead atoms. The van der Waals surface area contributed by atoms with Gasteiger partial charge >= 0.3 is 5.97 Å². The van der Waals surface area contributed by atoms with E-state index in [2.05, 4.69) is 15.6 Å². The standard InChI is InChI=1S/C12H17N3O3S/c1-7(11-15-9(6-19-11)12(17)18)14-10(16)8-4-2-3-5-13-8/h6-8,13H,2-5H2,1H3,(H,14,16)(H,17,18)/t7?,8-/m1/s1. The van der Waals surface area contributed by atoms with E-state index in [1.54, 1.807) is 0 Å². The maximum absolute atomic E-state index is 12.0. The van der Waals surface area contributed by atoms with Gasteiger partial charge in [-0.05, 0) is 26.3 Å². The van der Waals surface area contributed by atoms with Crippen LogP contribution in [0.5, 0.6) is 0 Å². The highest BCUT2D eigenvalue weighted by molar-refractivity contribution is 7.09. The molecule has 0 spiro atoms. The van der Waals surface area contributed by atoms with Crippen molar-refractivity contribution >= 4 is 23.2 Å². The number of nitrogens with one attached hydrogen (secondary N) is 2. The Labute approximate surface area is 115 Å². The maximum Gasteiger partial charge on any atom is 0.355 e. The Morgan fingerprint density at radius 3 is 2.95 bits per heavy atom. The van der Waals surface area contributed by atoms with Crippen molar-refractivity contribution in [3.8, 4) is 0 Å². The van der Waals surface area contributed by atoms with Crippen LogP contribution in [-0.4, -0.2) is 34.6 Å². The van der Waals surface area contributed by atoms with E-state index in [1.165, 1.54) is 16.7 Å². The van der Waals surface area contributed by atoms with E-state index in [4.69, 9.17) is 5.11 Å². The molecule has 2 heterocycles. The Morgan fingerprint density at radius 2 is 2.37 bits per heavy atom. The molecule has 0 aliphatic carbocycles. The first-order valence-corrected chi connectivity index (χ1v) is 7.18. The van der Waals surface area contributed by atoms with Crippen molar-refractivity contribution in [2.24, 2.45) is 0 Å². The molecule has 6 nitrogen and oxygen atoms in total. The molecule has 7 heteroatoms. The van der Waals surface area contributed by atoms with Crippen LogP contribution in [0.15, 0.2) is 5.38 Å². The minimum absolute atomic E-state index is 0.0249. The predicted octanol–water partition coefficient (Wildman–Crippen LogP) is 1.16. The van der Waals surface area contributed by atoms with E-state index >= 15 is 0 Å². The second-order valence-electron chi connectivity index (χ2n) is 4.61. The Balaban J connectivity index is 1.93. The van der Waals surface area contributed by atoms with E-state index in [9.17, 15) is 9.59 Å². The van der Waals surface area contributed by atoms with Gasteiger partial charge in [0.2, 0.25) is 5.91 Å². The summed E-state index contributed by atoms with van der Waals surface area (Å²) in [4.78, 5) is 26.8. The number of hydrogen-bond donors (Lipinski definition) is 3. The van der Waals surface area contributed by atoms with Gasteiger partial charge in [-0.1, -0.05) is 6.42 Å². The van der Waals surface area contributed by atoms with Crippen molar-refractivity contribution in [3.05, 3.63) is 16.1 Å². The third kappa shape index (κ3) is 3.51. The molecule has 104 valence electrons. The molecule has 1 saturated heterocycles. The van der Waals surface area contributed by atoms with Gasteiger partial charge in [0.05, 0.1) is 12.1 Å². The Kier molecular flexibility index (Phi) is 4.49. The molecule has 3 N–H and O–H groups in total. The van der Waals surface area contributed by atoms with E-state index < -0.39 is 5.97 Å². The van der Waals surface area contributed by atoms with Crippen LogP contribution in [0, 0.1) is 0 Å². The number of nitrogens with zero attached hydrogens (tertiary/aromatic N) is 1. The topological polar surface area (TPSA) is 91.3 Å². The molecule has 1 fully saturated rings. The van der Waals surface area contributed by atoms with Crippen LogP contribution in [0.25, 0.3) is 0 Å². The molecular weight excluding hydrogens is 266 g/mol. The number of hydrogen-bond acceptors (Lipinski definition) is 5. The van der Waals surface area contributed by atoms with Crippen LogP contribution in [0.1, 0.15) is 47.7 Å². The first-order chi connectivity index (χ1) is 9.08. The van der Waals surface area contributed by atoms with Crippen LogP contribution < -0.4 is 10.6 Å². The number of aromatic nitrogens is 1. The zero-order valence-electron chi connectivity index (χ0n) is 10.7. The number of carboxylic acid groups (broad SMARTS) is 1.